The molecule has 1 N–H and O–H groups in total. The molecule has 4 rings (SSSR count). The lowest BCUT2D eigenvalue weighted by Crippen LogP contribution is -2.39. The van der Waals surface area contributed by atoms with Gasteiger partial charge in [0.15, 0.2) is 0 Å². The van der Waals surface area contributed by atoms with E-state index >= 15 is 0 Å². The molecule has 0 bridgehead atoms. The molecular formula is C15H14O. The van der Waals surface area contributed by atoms with Crippen LogP contribution in [0.4, 0.5) is 0 Å². The molecule has 1 aromatic carbocycles. The van der Waals surface area contributed by atoms with E-state index < -0.39 is 5.60 Å². The summed E-state index contributed by atoms with van der Waals surface area (Å²) in [6, 6.07) is 10.1. The summed E-state index contributed by atoms with van der Waals surface area (Å²) in [7, 11) is 0. The fourth-order valence-electron chi connectivity index (χ4n) is 3.63. The van der Waals surface area contributed by atoms with Gasteiger partial charge in [-0.2, -0.15) is 0 Å². The summed E-state index contributed by atoms with van der Waals surface area (Å²) in [6.07, 6.45) is 8.87. The van der Waals surface area contributed by atoms with Crippen molar-refractivity contribution in [3.8, 4) is 0 Å². The smallest absolute Gasteiger partial charge is 0.103 e. The average molecular weight is 210 g/mol. The Morgan fingerprint density at radius 3 is 1.81 bits per heavy atom. The molecular weight excluding hydrogens is 196 g/mol. The Balaban J connectivity index is 1.87. The molecule has 1 saturated carbocycles. The second kappa shape index (κ2) is 2.67. The third kappa shape index (κ3) is 0.791. The number of allylic oxidation sites excluding steroid dienone is 2. The monoisotopic (exact) mass is 210 g/mol. The van der Waals surface area contributed by atoms with Gasteiger partial charge < -0.3 is 5.11 Å². The van der Waals surface area contributed by atoms with Crippen molar-refractivity contribution in [1.29, 1.82) is 0 Å². The Hall–Kier alpha value is -1.34. The Labute approximate surface area is 95.1 Å². The van der Waals surface area contributed by atoms with E-state index in [1.165, 1.54) is 0 Å². The topological polar surface area (TPSA) is 20.2 Å². The molecule has 0 radical (unpaired) electrons. The second-order valence-electron chi connectivity index (χ2n) is 5.17. The molecule has 1 fully saturated rings. The summed E-state index contributed by atoms with van der Waals surface area (Å²) in [5.74, 6) is 1.78. The zero-order valence-electron chi connectivity index (χ0n) is 8.95. The van der Waals surface area contributed by atoms with E-state index in [1.807, 2.05) is 18.2 Å². The van der Waals surface area contributed by atoms with Gasteiger partial charge in [0.1, 0.15) is 5.60 Å². The van der Waals surface area contributed by atoms with Crippen molar-refractivity contribution in [1.82, 2.24) is 0 Å². The van der Waals surface area contributed by atoms with Crippen LogP contribution >= 0.6 is 0 Å². The third-order valence-electron chi connectivity index (χ3n) is 4.61. The van der Waals surface area contributed by atoms with Gasteiger partial charge in [-0.3, -0.25) is 0 Å². The molecule has 1 aromatic rings. The minimum absolute atomic E-state index is 0.319. The van der Waals surface area contributed by atoms with E-state index in [4.69, 9.17) is 0 Å². The van der Waals surface area contributed by atoms with Gasteiger partial charge in [0.2, 0.25) is 0 Å². The molecule has 0 saturated heterocycles. The molecule has 3 aliphatic rings. The number of benzene rings is 1. The first kappa shape index (κ1) is 8.77. The highest BCUT2D eigenvalue weighted by atomic mass is 16.3. The summed E-state index contributed by atoms with van der Waals surface area (Å²) in [6.45, 7) is 0. The fourth-order valence-corrected chi connectivity index (χ4v) is 3.63. The van der Waals surface area contributed by atoms with Gasteiger partial charge in [-0.15, -0.1) is 0 Å². The van der Waals surface area contributed by atoms with Crippen molar-refractivity contribution in [2.75, 3.05) is 0 Å². The van der Waals surface area contributed by atoms with E-state index in [0.717, 1.165) is 5.56 Å². The van der Waals surface area contributed by atoms with E-state index in [2.05, 4.69) is 36.4 Å². The van der Waals surface area contributed by atoms with Gasteiger partial charge in [0.25, 0.3) is 0 Å². The summed E-state index contributed by atoms with van der Waals surface area (Å²) in [5, 5.41) is 11.0. The van der Waals surface area contributed by atoms with E-state index in [-0.39, 0.29) is 0 Å². The normalized spacial score (nSPS) is 46.8. The van der Waals surface area contributed by atoms with Crippen LogP contribution in [0.25, 0.3) is 0 Å². The SMILES string of the molecule is OC1(c2ccccc2)[C@H]2C=C[C@H]2[C@@H]2C=C[C@@H]21. The average Bonchev–Trinajstić information content (AvgIpc) is 2.33. The van der Waals surface area contributed by atoms with Gasteiger partial charge in [-0.1, -0.05) is 54.6 Å². The van der Waals surface area contributed by atoms with Gasteiger partial charge in [0.05, 0.1) is 0 Å². The fraction of sp³-hybridized carbons (Fsp3) is 0.333. The summed E-state index contributed by atoms with van der Waals surface area (Å²) in [5.41, 5.74) is 0.423. The lowest BCUT2D eigenvalue weighted by Gasteiger charge is -2.37. The van der Waals surface area contributed by atoms with Crippen molar-refractivity contribution < 1.29 is 5.11 Å². The highest BCUT2D eigenvalue weighted by molar-refractivity contribution is 5.41. The molecule has 0 aliphatic heterocycles. The maximum Gasteiger partial charge on any atom is 0.103 e. The maximum atomic E-state index is 11.0. The largest absolute Gasteiger partial charge is 0.384 e. The summed E-state index contributed by atoms with van der Waals surface area (Å²) >= 11 is 0. The number of hydrogen-bond donors (Lipinski definition) is 1. The first-order valence-corrected chi connectivity index (χ1v) is 5.96. The molecule has 0 aromatic heterocycles. The molecule has 80 valence electrons. The van der Waals surface area contributed by atoms with E-state index in [9.17, 15) is 5.11 Å². The Kier molecular flexibility index (Phi) is 1.46. The second-order valence-corrected chi connectivity index (χ2v) is 5.17. The predicted molar refractivity (Wildman–Crippen MR) is 62.6 cm³/mol. The van der Waals surface area contributed by atoms with Crippen LogP contribution in [0, 0.1) is 23.7 Å². The molecule has 0 unspecified atom stereocenters. The minimum atomic E-state index is -0.653. The maximum absolute atomic E-state index is 11.0. The Morgan fingerprint density at radius 1 is 0.812 bits per heavy atom. The van der Waals surface area contributed by atoms with Crippen LogP contribution in [0.5, 0.6) is 0 Å². The number of fused-ring (bicyclic) bond motifs is 3. The molecule has 0 spiro atoms. The third-order valence-corrected chi connectivity index (χ3v) is 4.61. The van der Waals surface area contributed by atoms with Crippen LogP contribution in [0.2, 0.25) is 0 Å². The standard InChI is InChI=1S/C15H14O/c16-15(10-4-2-1-3-5-10)13-8-6-11(13)12-7-9-14(12)15/h1-9,11-14,16H/t11-,12-,13-,14-/m0/s1. The number of rotatable bonds is 1. The van der Waals surface area contributed by atoms with Crippen LogP contribution in [0.3, 0.4) is 0 Å². The molecule has 1 heteroatoms. The lowest BCUT2D eigenvalue weighted by atomic mass is 9.72. The van der Waals surface area contributed by atoms with Gasteiger partial charge in [-0.25, -0.2) is 0 Å². The minimum Gasteiger partial charge on any atom is -0.384 e. The number of hydrogen-bond acceptors (Lipinski definition) is 1. The quantitative estimate of drug-likeness (QED) is 0.706. The summed E-state index contributed by atoms with van der Waals surface area (Å²) in [4.78, 5) is 0. The molecule has 3 aliphatic carbocycles. The van der Waals surface area contributed by atoms with Crippen molar-refractivity contribution in [2.45, 2.75) is 5.60 Å². The molecule has 16 heavy (non-hydrogen) atoms. The molecule has 1 nitrogen and oxygen atoms in total. The van der Waals surface area contributed by atoms with Crippen LogP contribution in [0.15, 0.2) is 54.6 Å². The van der Waals surface area contributed by atoms with Gasteiger partial charge in [0, 0.05) is 11.8 Å². The molecule has 4 atom stereocenters. The van der Waals surface area contributed by atoms with Crippen molar-refractivity contribution in [3.63, 3.8) is 0 Å². The first-order chi connectivity index (χ1) is 7.82. The van der Waals surface area contributed by atoms with E-state index in [0.29, 0.717) is 23.7 Å². The van der Waals surface area contributed by atoms with Crippen LogP contribution < -0.4 is 0 Å². The zero-order chi connectivity index (χ0) is 10.8. The van der Waals surface area contributed by atoms with Crippen LogP contribution in [0.1, 0.15) is 5.56 Å². The Morgan fingerprint density at radius 2 is 1.38 bits per heavy atom. The van der Waals surface area contributed by atoms with Crippen molar-refractivity contribution >= 4 is 0 Å². The van der Waals surface area contributed by atoms with E-state index in [1.54, 1.807) is 0 Å². The van der Waals surface area contributed by atoms with Crippen molar-refractivity contribution in [3.05, 3.63) is 60.2 Å². The highest BCUT2D eigenvalue weighted by Crippen LogP contribution is 2.63. The van der Waals surface area contributed by atoms with Crippen molar-refractivity contribution in [2.24, 2.45) is 23.7 Å². The Bertz CT molecular complexity index is 461. The zero-order valence-corrected chi connectivity index (χ0v) is 8.95. The molecule has 0 heterocycles. The van der Waals surface area contributed by atoms with Crippen LogP contribution in [-0.4, -0.2) is 5.11 Å². The first-order valence-electron chi connectivity index (χ1n) is 5.96. The van der Waals surface area contributed by atoms with Gasteiger partial charge in [-0.05, 0) is 17.4 Å². The van der Waals surface area contributed by atoms with Gasteiger partial charge >= 0.3 is 0 Å². The number of aliphatic hydroxyl groups is 1. The predicted octanol–water partition coefficient (Wildman–Crippen LogP) is 2.49. The lowest BCUT2D eigenvalue weighted by molar-refractivity contribution is -0.0251. The highest BCUT2D eigenvalue weighted by Gasteiger charge is 2.62. The molecule has 0 amide bonds. The van der Waals surface area contributed by atoms with Crippen LogP contribution in [-0.2, 0) is 5.60 Å². The summed E-state index contributed by atoms with van der Waals surface area (Å²) < 4.78 is 0.